The number of ketones is 1. The van der Waals surface area contributed by atoms with E-state index in [-0.39, 0.29) is 35.0 Å². The Labute approximate surface area is 228 Å². The van der Waals surface area contributed by atoms with Crippen molar-refractivity contribution in [2.45, 2.75) is 12.7 Å². The highest BCUT2D eigenvalue weighted by atomic mass is 19.4. The fourth-order valence-corrected chi connectivity index (χ4v) is 4.16. The average Bonchev–Trinajstić information content (AvgIpc) is 2.94. The smallest absolute Gasteiger partial charge is 0.416 e. The minimum absolute atomic E-state index is 0.0216. The standard InChI is InChI=1S/C28H28F3N5O4/c1-32-26(38)24-16-22(9-10-33-24)40-21-7-4-18(5-8-21)25(37)27(39)34-20-6-3-19(23(15-20)28(29,30)31)17-36-13-11-35(2)12-14-36/h3-10,15-16H,11-14,17H2,1-2H3,(H,32,38)(H,34,39). The van der Waals surface area contributed by atoms with Gasteiger partial charge in [0.05, 0.1) is 5.56 Å². The van der Waals surface area contributed by atoms with Crippen LogP contribution in [-0.2, 0) is 17.5 Å². The van der Waals surface area contributed by atoms with Crippen molar-refractivity contribution in [3.63, 3.8) is 0 Å². The molecule has 40 heavy (non-hydrogen) atoms. The molecule has 2 N–H and O–H groups in total. The Balaban J connectivity index is 1.42. The van der Waals surface area contributed by atoms with Gasteiger partial charge in [-0.2, -0.15) is 13.2 Å². The molecule has 4 rings (SSSR count). The molecule has 1 aromatic heterocycles. The second-order valence-corrected chi connectivity index (χ2v) is 9.31. The van der Waals surface area contributed by atoms with Crippen molar-refractivity contribution < 1.29 is 32.3 Å². The molecule has 0 aliphatic carbocycles. The number of carbonyl (C=O) groups excluding carboxylic acids is 3. The average molecular weight is 556 g/mol. The van der Waals surface area contributed by atoms with Crippen LogP contribution in [0.5, 0.6) is 11.5 Å². The first-order valence-corrected chi connectivity index (χ1v) is 12.5. The summed E-state index contributed by atoms with van der Waals surface area (Å²) in [5.74, 6) is -1.71. The van der Waals surface area contributed by atoms with Crippen LogP contribution < -0.4 is 15.4 Å². The third kappa shape index (κ3) is 7.21. The van der Waals surface area contributed by atoms with Crippen LogP contribution in [0.4, 0.5) is 18.9 Å². The van der Waals surface area contributed by atoms with Crippen molar-refractivity contribution in [1.29, 1.82) is 0 Å². The highest BCUT2D eigenvalue weighted by molar-refractivity contribution is 6.46. The summed E-state index contributed by atoms with van der Waals surface area (Å²) in [4.78, 5) is 45.0. The Morgan fingerprint density at radius 3 is 2.30 bits per heavy atom. The number of hydrogen-bond acceptors (Lipinski definition) is 7. The highest BCUT2D eigenvalue weighted by Crippen LogP contribution is 2.34. The molecule has 1 aliphatic rings. The highest BCUT2D eigenvalue weighted by Gasteiger charge is 2.34. The third-order valence-corrected chi connectivity index (χ3v) is 6.41. The molecular formula is C28H28F3N5O4. The van der Waals surface area contributed by atoms with Gasteiger partial charge >= 0.3 is 6.18 Å². The van der Waals surface area contributed by atoms with Gasteiger partial charge in [0.15, 0.2) is 0 Å². The van der Waals surface area contributed by atoms with Crippen LogP contribution >= 0.6 is 0 Å². The zero-order chi connectivity index (χ0) is 28.9. The number of piperazine rings is 1. The first kappa shape index (κ1) is 28.7. The minimum atomic E-state index is -4.63. The van der Waals surface area contributed by atoms with Crippen LogP contribution in [-0.4, -0.2) is 72.7 Å². The molecule has 0 radical (unpaired) electrons. The number of nitrogens with one attached hydrogen (secondary N) is 2. The number of Topliss-reactive ketones (excluding diaryl/α,β-unsaturated/α-hetero) is 1. The number of carbonyl (C=O) groups is 3. The molecule has 12 heteroatoms. The minimum Gasteiger partial charge on any atom is -0.457 e. The van der Waals surface area contributed by atoms with E-state index in [1.807, 2.05) is 11.9 Å². The Morgan fingerprint density at radius 1 is 0.950 bits per heavy atom. The molecule has 210 valence electrons. The number of nitrogens with zero attached hydrogens (tertiary/aromatic N) is 3. The summed E-state index contributed by atoms with van der Waals surface area (Å²) in [6.45, 7) is 2.99. The Hall–Kier alpha value is -4.29. The number of hydrogen-bond donors (Lipinski definition) is 2. The monoisotopic (exact) mass is 555 g/mol. The van der Waals surface area contributed by atoms with Gasteiger partial charge in [-0.25, -0.2) is 0 Å². The van der Waals surface area contributed by atoms with Gasteiger partial charge in [-0.15, -0.1) is 0 Å². The van der Waals surface area contributed by atoms with E-state index in [1.165, 1.54) is 55.7 Å². The Morgan fingerprint density at radius 2 is 1.65 bits per heavy atom. The van der Waals surface area contributed by atoms with Crippen LogP contribution in [0, 0.1) is 0 Å². The number of benzene rings is 2. The molecule has 0 spiro atoms. The lowest BCUT2D eigenvalue weighted by Gasteiger charge is -2.33. The first-order chi connectivity index (χ1) is 19.0. The van der Waals surface area contributed by atoms with Crippen molar-refractivity contribution in [3.05, 3.63) is 83.2 Å². The van der Waals surface area contributed by atoms with Gasteiger partial charge < -0.3 is 20.3 Å². The van der Waals surface area contributed by atoms with Crippen LogP contribution in [0.2, 0.25) is 0 Å². The second kappa shape index (κ2) is 12.3. The van der Waals surface area contributed by atoms with Gasteiger partial charge in [0, 0.05) is 63.3 Å². The fraction of sp³-hybridized carbons (Fsp3) is 0.286. The van der Waals surface area contributed by atoms with Crippen LogP contribution in [0.15, 0.2) is 60.8 Å². The summed E-state index contributed by atoms with van der Waals surface area (Å²) in [5.41, 5.74) is -0.697. The predicted octanol–water partition coefficient (Wildman–Crippen LogP) is 3.82. The molecule has 0 saturated carbocycles. The zero-order valence-electron chi connectivity index (χ0n) is 21.9. The third-order valence-electron chi connectivity index (χ3n) is 6.41. The molecular weight excluding hydrogens is 527 g/mol. The maximum Gasteiger partial charge on any atom is 0.416 e. The number of halogens is 3. The molecule has 1 fully saturated rings. The normalized spacial score (nSPS) is 14.4. The van der Waals surface area contributed by atoms with Gasteiger partial charge in [-0.05, 0) is 55.1 Å². The van der Waals surface area contributed by atoms with E-state index in [1.54, 1.807) is 6.07 Å². The number of aromatic nitrogens is 1. The summed E-state index contributed by atoms with van der Waals surface area (Å²) < 4.78 is 47.2. The number of anilines is 1. The molecule has 0 bridgehead atoms. The number of rotatable bonds is 8. The maximum absolute atomic E-state index is 13.8. The van der Waals surface area contributed by atoms with Gasteiger partial charge in [-0.1, -0.05) is 6.07 Å². The van der Waals surface area contributed by atoms with Crippen LogP contribution in [0.3, 0.4) is 0 Å². The fourth-order valence-electron chi connectivity index (χ4n) is 4.16. The van der Waals surface area contributed by atoms with Gasteiger partial charge in [0.1, 0.15) is 17.2 Å². The molecule has 1 aliphatic heterocycles. The second-order valence-electron chi connectivity index (χ2n) is 9.31. The van der Waals surface area contributed by atoms with Crippen molar-refractivity contribution in [2.24, 2.45) is 0 Å². The lowest BCUT2D eigenvalue weighted by Crippen LogP contribution is -2.44. The first-order valence-electron chi connectivity index (χ1n) is 12.5. The predicted molar refractivity (Wildman–Crippen MR) is 141 cm³/mol. The number of amides is 2. The maximum atomic E-state index is 13.8. The molecule has 2 amide bonds. The SMILES string of the molecule is CNC(=O)c1cc(Oc2ccc(C(=O)C(=O)Nc3ccc(CN4CCN(C)CC4)c(C(F)(F)F)c3)cc2)ccn1. The van der Waals surface area contributed by atoms with Crippen molar-refractivity contribution in [2.75, 3.05) is 45.6 Å². The molecule has 0 unspecified atom stereocenters. The number of alkyl halides is 3. The lowest BCUT2D eigenvalue weighted by molar-refractivity contribution is -0.138. The van der Waals surface area contributed by atoms with Gasteiger partial charge in [0.25, 0.3) is 17.6 Å². The Kier molecular flexibility index (Phi) is 8.80. The molecule has 2 aromatic carbocycles. The van der Waals surface area contributed by atoms with Crippen LogP contribution in [0.1, 0.15) is 32.0 Å². The van der Waals surface area contributed by atoms with Gasteiger partial charge in [0.2, 0.25) is 0 Å². The van der Waals surface area contributed by atoms with Crippen molar-refractivity contribution in [3.8, 4) is 11.5 Å². The topological polar surface area (TPSA) is 104 Å². The van der Waals surface area contributed by atoms with E-state index in [0.717, 1.165) is 19.2 Å². The van der Waals surface area contributed by atoms with E-state index in [0.29, 0.717) is 24.6 Å². The summed E-state index contributed by atoms with van der Waals surface area (Å²) >= 11 is 0. The summed E-state index contributed by atoms with van der Waals surface area (Å²) in [6.07, 6.45) is -3.22. The molecule has 3 aromatic rings. The molecule has 2 heterocycles. The largest absolute Gasteiger partial charge is 0.457 e. The van der Waals surface area contributed by atoms with Crippen molar-refractivity contribution in [1.82, 2.24) is 20.1 Å². The quantitative estimate of drug-likeness (QED) is 0.322. The van der Waals surface area contributed by atoms with E-state index in [2.05, 4.69) is 20.5 Å². The molecule has 1 saturated heterocycles. The lowest BCUT2D eigenvalue weighted by atomic mass is 10.0. The number of ether oxygens (including phenoxy) is 1. The van der Waals surface area contributed by atoms with E-state index < -0.39 is 23.4 Å². The van der Waals surface area contributed by atoms with E-state index in [9.17, 15) is 27.6 Å². The van der Waals surface area contributed by atoms with Gasteiger partial charge in [-0.3, -0.25) is 24.3 Å². The zero-order valence-corrected chi connectivity index (χ0v) is 21.9. The summed E-state index contributed by atoms with van der Waals surface area (Å²) in [5, 5.41) is 4.74. The molecule has 0 atom stereocenters. The number of pyridine rings is 1. The number of likely N-dealkylation sites (N-methyl/N-ethyl adjacent to an activating group) is 1. The Bertz CT molecular complexity index is 1390. The van der Waals surface area contributed by atoms with Crippen molar-refractivity contribution >= 4 is 23.3 Å². The van der Waals surface area contributed by atoms with Crippen LogP contribution in [0.25, 0.3) is 0 Å². The molecule has 9 nitrogen and oxygen atoms in total. The van der Waals surface area contributed by atoms with E-state index in [4.69, 9.17) is 4.74 Å². The summed E-state index contributed by atoms with van der Waals surface area (Å²) in [6, 6.07) is 12.2. The summed E-state index contributed by atoms with van der Waals surface area (Å²) in [7, 11) is 3.44. The van der Waals surface area contributed by atoms with E-state index >= 15 is 0 Å².